The molecule has 0 N–H and O–H groups in total. The molecule has 0 unspecified atom stereocenters. The third kappa shape index (κ3) is 1.71. The van der Waals surface area contributed by atoms with Crippen LogP contribution in [0.25, 0.3) is 32.8 Å². The van der Waals surface area contributed by atoms with E-state index in [1.165, 1.54) is 43.0 Å². The van der Waals surface area contributed by atoms with Crippen molar-refractivity contribution in [2.24, 2.45) is 7.05 Å². The van der Waals surface area contributed by atoms with Crippen LogP contribution in [0.15, 0.2) is 36.9 Å². The van der Waals surface area contributed by atoms with Crippen LogP contribution in [-0.4, -0.2) is 4.57 Å². The molecule has 1 nitrogen and oxygen atoms in total. The van der Waals surface area contributed by atoms with Crippen molar-refractivity contribution < 1.29 is 0 Å². The maximum absolute atomic E-state index is 4.03. The Morgan fingerprint density at radius 2 is 1.95 bits per heavy atom. The average Bonchev–Trinajstić information content (AvgIpc) is 3.03. The van der Waals surface area contributed by atoms with Gasteiger partial charge in [-0.25, -0.2) is 0 Å². The first-order valence-electron chi connectivity index (χ1n) is 7.73. The standard InChI is InChI=1S/C20H19NS/c1-4-8-13-15-11-12-16-14-9-6-7-10-18(14)22-20(16)19(15)21(3)17(13)5-2/h4-10H,2,11-12H2,1,3H3/b8-4-. The van der Waals surface area contributed by atoms with E-state index in [4.69, 9.17) is 0 Å². The Morgan fingerprint density at radius 1 is 1.18 bits per heavy atom. The van der Waals surface area contributed by atoms with Crippen molar-refractivity contribution in [2.45, 2.75) is 19.8 Å². The van der Waals surface area contributed by atoms with E-state index in [0.717, 1.165) is 12.8 Å². The summed E-state index contributed by atoms with van der Waals surface area (Å²) in [5.74, 6) is 0. The monoisotopic (exact) mass is 305 g/mol. The number of fused-ring (bicyclic) bond motifs is 5. The van der Waals surface area contributed by atoms with Crippen molar-refractivity contribution in [1.29, 1.82) is 0 Å². The van der Waals surface area contributed by atoms with Gasteiger partial charge in [-0.2, -0.15) is 0 Å². The van der Waals surface area contributed by atoms with E-state index in [0.29, 0.717) is 0 Å². The van der Waals surface area contributed by atoms with Gasteiger partial charge >= 0.3 is 0 Å². The summed E-state index contributed by atoms with van der Waals surface area (Å²) in [5.41, 5.74) is 6.97. The highest BCUT2D eigenvalue weighted by Gasteiger charge is 2.27. The minimum absolute atomic E-state index is 1.12. The summed E-state index contributed by atoms with van der Waals surface area (Å²) in [7, 11) is 2.17. The van der Waals surface area contributed by atoms with Crippen LogP contribution in [0.3, 0.4) is 0 Å². The molecule has 4 rings (SSSR count). The van der Waals surface area contributed by atoms with Crippen molar-refractivity contribution in [3.63, 3.8) is 0 Å². The van der Waals surface area contributed by atoms with E-state index in [9.17, 15) is 0 Å². The van der Waals surface area contributed by atoms with Gasteiger partial charge in [-0.3, -0.25) is 0 Å². The second-order valence-electron chi connectivity index (χ2n) is 5.80. The smallest absolute Gasteiger partial charge is 0.0626 e. The molecule has 0 radical (unpaired) electrons. The van der Waals surface area contributed by atoms with Gasteiger partial charge in [-0.15, -0.1) is 11.3 Å². The molecular weight excluding hydrogens is 286 g/mol. The second-order valence-corrected chi connectivity index (χ2v) is 6.85. The lowest BCUT2D eigenvalue weighted by Crippen LogP contribution is -2.03. The Bertz CT molecular complexity index is 921. The van der Waals surface area contributed by atoms with Gasteiger partial charge in [0.2, 0.25) is 0 Å². The Balaban J connectivity index is 2.08. The zero-order valence-corrected chi connectivity index (χ0v) is 13.8. The molecule has 0 aliphatic heterocycles. The maximum Gasteiger partial charge on any atom is 0.0626 e. The molecule has 0 atom stereocenters. The minimum Gasteiger partial charge on any atom is -0.343 e. The quantitative estimate of drug-likeness (QED) is 0.574. The van der Waals surface area contributed by atoms with Crippen LogP contribution in [0.4, 0.5) is 0 Å². The molecule has 1 aromatic carbocycles. The van der Waals surface area contributed by atoms with Crippen LogP contribution in [0, 0.1) is 0 Å². The van der Waals surface area contributed by atoms with Crippen molar-refractivity contribution in [3.8, 4) is 10.6 Å². The molecule has 0 saturated heterocycles. The van der Waals surface area contributed by atoms with E-state index in [1.54, 1.807) is 0 Å². The molecule has 2 heteroatoms. The summed E-state index contributed by atoms with van der Waals surface area (Å²) >= 11 is 1.93. The number of nitrogens with zero attached hydrogens (tertiary/aromatic N) is 1. The molecule has 0 spiro atoms. The molecule has 2 aromatic heterocycles. The number of aryl methyl sites for hydroxylation is 1. The van der Waals surface area contributed by atoms with Gasteiger partial charge in [0, 0.05) is 23.0 Å². The predicted molar refractivity (Wildman–Crippen MR) is 98.4 cm³/mol. The average molecular weight is 305 g/mol. The van der Waals surface area contributed by atoms with Crippen molar-refractivity contribution >= 4 is 33.6 Å². The summed E-state index contributed by atoms with van der Waals surface area (Å²) in [6.07, 6.45) is 8.60. The molecule has 0 saturated carbocycles. The van der Waals surface area contributed by atoms with Crippen LogP contribution >= 0.6 is 11.3 Å². The van der Waals surface area contributed by atoms with Crippen LogP contribution in [0.5, 0.6) is 0 Å². The molecule has 22 heavy (non-hydrogen) atoms. The lowest BCUT2D eigenvalue weighted by molar-refractivity contribution is 0.891. The fourth-order valence-corrected chi connectivity index (χ4v) is 5.08. The third-order valence-corrected chi connectivity index (χ3v) is 5.87. The zero-order chi connectivity index (χ0) is 15.3. The fourth-order valence-electron chi connectivity index (χ4n) is 3.72. The minimum atomic E-state index is 1.12. The van der Waals surface area contributed by atoms with Gasteiger partial charge in [0.1, 0.15) is 0 Å². The van der Waals surface area contributed by atoms with Gasteiger partial charge in [-0.1, -0.05) is 36.9 Å². The molecule has 1 aliphatic rings. The normalized spacial score (nSPS) is 13.5. The topological polar surface area (TPSA) is 4.93 Å². The summed E-state index contributed by atoms with van der Waals surface area (Å²) in [4.78, 5) is 1.45. The molecular formula is C20H19NS. The Labute approximate surface area is 135 Å². The first-order valence-corrected chi connectivity index (χ1v) is 8.55. The molecule has 1 aliphatic carbocycles. The highest BCUT2D eigenvalue weighted by molar-refractivity contribution is 7.22. The fraction of sp³-hybridized carbons (Fsp3) is 0.200. The largest absolute Gasteiger partial charge is 0.343 e. The van der Waals surface area contributed by atoms with Crippen LogP contribution in [0.2, 0.25) is 0 Å². The van der Waals surface area contributed by atoms with E-state index >= 15 is 0 Å². The van der Waals surface area contributed by atoms with Crippen molar-refractivity contribution in [1.82, 2.24) is 4.57 Å². The Morgan fingerprint density at radius 3 is 2.73 bits per heavy atom. The SMILES string of the molecule is C=Cc1c(/C=C\C)c2c(n1C)-c1sc3ccccc3c1CC2. The summed E-state index contributed by atoms with van der Waals surface area (Å²) < 4.78 is 3.72. The van der Waals surface area contributed by atoms with E-state index < -0.39 is 0 Å². The highest BCUT2D eigenvalue weighted by atomic mass is 32.1. The van der Waals surface area contributed by atoms with Crippen molar-refractivity contribution in [2.75, 3.05) is 0 Å². The van der Waals surface area contributed by atoms with Gasteiger partial charge in [0.05, 0.1) is 10.6 Å². The lowest BCUT2D eigenvalue weighted by Gasteiger charge is -2.15. The van der Waals surface area contributed by atoms with Gasteiger partial charge in [-0.05, 0) is 48.4 Å². The Kier molecular flexibility index (Phi) is 3.08. The van der Waals surface area contributed by atoms with Crippen LogP contribution < -0.4 is 0 Å². The van der Waals surface area contributed by atoms with Crippen LogP contribution in [-0.2, 0) is 19.9 Å². The van der Waals surface area contributed by atoms with Gasteiger partial charge in [0.15, 0.2) is 0 Å². The molecule has 110 valence electrons. The predicted octanol–water partition coefficient (Wildman–Crippen LogP) is 5.68. The molecule has 0 bridgehead atoms. The molecule has 3 aromatic rings. The van der Waals surface area contributed by atoms with E-state index in [2.05, 4.69) is 61.5 Å². The number of thiophene rings is 1. The number of allylic oxidation sites excluding steroid dienone is 1. The molecule has 0 amide bonds. The van der Waals surface area contributed by atoms with Crippen LogP contribution in [0.1, 0.15) is 29.3 Å². The number of hydrogen-bond donors (Lipinski definition) is 0. The van der Waals surface area contributed by atoms with E-state index in [-0.39, 0.29) is 0 Å². The first-order chi connectivity index (χ1) is 10.8. The molecule has 0 fully saturated rings. The number of benzene rings is 1. The third-order valence-electron chi connectivity index (χ3n) is 4.65. The Hall–Kier alpha value is -2.06. The van der Waals surface area contributed by atoms with E-state index in [1.807, 2.05) is 17.4 Å². The summed E-state index contributed by atoms with van der Waals surface area (Å²) in [5, 5.41) is 1.43. The van der Waals surface area contributed by atoms with Gasteiger partial charge in [0.25, 0.3) is 0 Å². The second kappa shape index (κ2) is 4.99. The number of rotatable bonds is 2. The highest BCUT2D eigenvalue weighted by Crippen LogP contribution is 2.46. The lowest BCUT2D eigenvalue weighted by atomic mass is 9.91. The molecule has 2 heterocycles. The van der Waals surface area contributed by atoms with Crippen molar-refractivity contribution in [3.05, 3.63) is 59.3 Å². The zero-order valence-electron chi connectivity index (χ0n) is 13.0. The first kappa shape index (κ1) is 13.6. The number of aromatic nitrogens is 1. The maximum atomic E-state index is 4.03. The van der Waals surface area contributed by atoms with Gasteiger partial charge < -0.3 is 4.57 Å². The number of hydrogen-bond acceptors (Lipinski definition) is 1. The summed E-state index contributed by atoms with van der Waals surface area (Å²) in [6.45, 7) is 6.11. The summed E-state index contributed by atoms with van der Waals surface area (Å²) in [6, 6.07) is 8.79.